The Bertz CT molecular complexity index is 1950. The van der Waals surface area contributed by atoms with Gasteiger partial charge in [-0.1, -0.05) is 24.3 Å². The van der Waals surface area contributed by atoms with Gasteiger partial charge in [-0.3, -0.25) is 4.40 Å². The minimum absolute atomic E-state index is 0.00778. The number of para-hydroxylation sites is 1. The predicted octanol–water partition coefficient (Wildman–Crippen LogP) is 6.34. The van der Waals surface area contributed by atoms with E-state index >= 15 is 0 Å². The van der Waals surface area contributed by atoms with Gasteiger partial charge < -0.3 is 14.5 Å². The lowest BCUT2D eigenvalue weighted by molar-refractivity contribution is 0.329. The molecule has 224 valence electrons. The number of nitrogens with zero attached hydrogens (tertiary/aromatic N) is 5. The lowest BCUT2D eigenvalue weighted by atomic mass is 9.94. The van der Waals surface area contributed by atoms with Crippen molar-refractivity contribution in [3.63, 3.8) is 0 Å². The van der Waals surface area contributed by atoms with E-state index < -0.39 is 10.0 Å². The number of aromatic nitrogens is 4. The number of rotatable bonds is 8. The summed E-state index contributed by atoms with van der Waals surface area (Å²) >= 11 is 0. The van der Waals surface area contributed by atoms with Crippen LogP contribution in [-0.2, 0) is 10.0 Å². The Morgan fingerprint density at radius 3 is 2.50 bits per heavy atom. The van der Waals surface area contributed by atoms with Crippen molar-refractivity contribution in [1.29, 1.82) is 0 Å². The minimum Gasteiger partial charge on any atom is -0.457 e. The van der Waals surface area contributed by atoms with Crippen molar-refractivity contribution in [1.82, 2.24) is 23.7 Å². The van der Waals surface area contributed by atoms with Crippen molar-refractivity contribution in [2.45, 2.75) is 36.1 Å². The summed E-state index contributed by atoms with van der Waals surface area (Å²) in [7, 11) is -3.65. The lowest BCUT2D eigenvalue weighted by Gasteiger charge is -2.31. The third-order valence-electron chi connectivity index (χ3n) is 7.82. The van der Waals surface area contributed by atoms with Gasteiger partial charge in [0.05, 0.1) is 22.0 Å². The molecule has 0 bridgehead atoms. The zero-order chi connectivity index (χ0) is 30.1. The molecule has 1 aliphatic heterocycles. The number of benzene rings is 2. The molecule has 2 aromatic carbocycles. The molecule has 7 rings (SSSR count). The fourth-order valence-electron chi connectivity index (χ4n) is 5.55. The first-order chi connectivity index (χ1) is 21.4. The van der Waals surface area contributed by atoms with Gasteiger partial charge in [0, 0.05) is 37.4 Å². The monoisotopic (exact) mass is 612 g/mol. The molecule has 1 unspecified atom stereocenters. The Kier molecular flexibility index (Phi) is 7.44. The molecule has 0 amide bonds. The smallest absolute Gasteiger partial charge is 0.306 e. The second kappa shape index (κ2) is 11.7. The first-order valence-electron chi connectivity index (χ1n) is 14.4. The van der Waals surface area contributed by atoms with Gasteiger partial charge in [-0.25, -0.2) is 22.8 Å². The average molecular weight is 613 g/mol. The Morgan fingerprint density at radius 1 is 0.977 bits per heavy atom. The molecular weight excluding hydrogens is 583 g/mol. The van der Waals surface area contributed by atoms with Gasteiger partial charge >= 0.3 is 5.84 Å². The van der Waals surface area contributed by atoms with Gasteiger partial charge in [0.15, 0.2) is 0 Å². The van der Waals surface area contributed by atoms with Crippen LogP contribution in [0.2, 0.25) is 0 Å². The van der Waals surface area contributed by atoms with Crippen LogP contribution in [0.15, 0.2) is 113 Å². The van der Waals surface area contributed by atoms with E-state index in [-0.39, 0.29) is 22.7 Å². The highest BCUT2D eigenvalue weighted by atomic mass is 32.2. The molecule has 0 radical (unpaired) electrons. The van der Waals surface area contributed by atoms with E-state index in [1.165, 1.54) is 10.4 Å². The number of imidazole rings is 1. The second-order valence-electron chi connectivity index (χ2n) is 10.7. The molecule has 1 aliphatic carbocycles. The molecule has 3 aromatic heterocycles. The van der Waals surface area contributed by atoms with E-state index in [1.54, 1.807) is 61.1 Å². The number of nitrogens with one attached hydrogen (secondary N) is 1. The summed E-state index contributed by atoms with van der Waals surface area (Å²) in [6.45, 7) is 0.727. The van der Waals surface area contributed by atoms with Crippen LogP contribution in [0.25, 0.3) is 17.2 Å². The van der Waals surface area contributed by atoms with E-state index in [2.05, 4.69) is 15.3 Å². The normalized spacial score (nSPS) is 17.9. The summed E-state index contributed by atoms with van der Waals surface area (Å²) in [5.74, 6) is 1.74. The molecule has 0 saturated carbocycles. The molecular formula is C32H29FN6O4S. The maximum atomic E-state index is 13.6. The zero-order valence-corrected chi connectivity index (χ0v) is 24.4. The largest absolute Gasteiger partial charge is 0.457 e. The van der Waals surface area contributed by atoms with Crippen LogP contribution in [-0.4, -0.2) is 51.2 Å². The van der Waals surface area contributed by atoms with Crippen molar-refractivity contribution in [3.8, 4) is 22.9 Å². The Hall–Kier alpha value is -4.81. The molecule has 1 fully saturated rings. The quantitative estimate of drug-likeness (QED) is 0.216. The minimum atomic E-state index is -3.65. The van der Waals surface area contributed by atoms with Crippen LogP contribution in [0, 0.1) is 0 Å². The zero-order valence-electron chi connectivity index (χ0n) is 23.6. The first-order valence-corrected chi connectivity index (χ1v) is 15.8. The van der Waals surface area contributed by atoms with Gasteiger partial charge in [0.1, 0.15) is 23.6 Å². The van der Waals surface area contributed by atoms with Crippen molar-refractivity contribution >= 4 is 21.8 Å². The fourth-order valence-corrected chi connectivity index (χ4v) is 7.02. The number of ether oxygens (including phenoxy) is 1. The Balaban J connectivity index is 1.02. The summed E-state index contributed by atoms with van der Waals surface area (Å²) < 4.78 is 55.0. The maximum absolute atomic E-state index is 13.6. The van der Waals surface area contributed by atoms with E-state index in [0.29, 0.717) is 61.3 Å². The second-order valence-corrected chi connectivity index (χ2v) is 12.6. The first kappa shape index (κ1) is 28.0. The van der Waals surface area contributed by atoms with E-state index in [4.69, 9.17) is 14.1 Å². The fraction of sp³-hybridized carbons (Fsp3) is 0.219. The summed E-state index contributed by atoms with van der Waals surface area (Å²) in [6, 6.07) is 17.6. The third kappa shape index (κ3) is 5.61. The number of oxazole rings is 1. The molecule has 4 heterocycles. The molecule has 2 aliphatic rings. The van der Waals surface area contributed by atoms with Crippen LogP contribution in [0.1, 0.15) is 30.9 Å². The van der Waals surface area contributed by atoms with E-state index in [0.717, 1.165) is 11.4 Å². The van der Waals surface area contributed by atoms with E-state index in [1.807, 2.05) is 34.7 Å². The standard InChI is InChI=1S/C32H29FN6O4S/c33-23-8-6-22(7-9-23)29-30(39-20-21-42-32(39)37-29)28-14-17-34-31(36-28)35-24-15-18-38(19-16-24)44(40,41)27-12-10-26(11-13-27)43-25-4-2-1-3-5-25/h1-6,8-14,17,20-22,24H,7,15-16,18-19H2,(H,34,35,36). The van der Waals surface area contributed by atoms with Crippen LogP contribution in [0.4, 0.5) is 10.3 Å². The van der Waals surface area contributed by atoms with Gasteiger partial charge in [-0.15, -0.1) is 0 Å². The topological polar surface area (TPSA) is 115 Å². The number of halogens is 1. The number of allylic oxidation sites excluding steroid dienone is 4. The van der Waals surface area contributed by atoms with Gasteiger partial charge in [-0.2, -0.15) is 9.29 Å². The maximum Gasteiger partial charge on any atom is 0.306 e. The summed E-state index contributed by atoms with van der Waals surface area (Å²) in [5.41, 5.74) is 2.15. The number of fused-ring (bicyclic) bond motifs is 1. The summed E-state index contributed by atoms with van der Waals surface area (Å²) in [4.78, 5) is 14.1. The predicted molar refractivity (Wildman–Crippen MR) is 163 cm³/mol. The van der Waals surface area contributed by atoms with E-state index in [9.17, 15) is 12.8 Å². The van der Waals surface area contributed by atoms with Gasteiger partial charge in [0.25, 0.3) is 0 Å². The molecule has 5 aromatic rings. The highest BCUT2D eigenvalue weighted by Crippen LogP contribution is 2.35. The SMILES string of the molecule is O=S(=O)(c1ccc(Oc2ccccc2)cc1)N1CCC(Nc2nccc(-c3c(C4C=CC(F)=CC4)nc4occn34)n2)CC1. The van der Waals surface area contributed by atoms with Crippen molar-refractivity contribution in [3.05, 3.63) is 109 Å². The van der Waals surface area contributed by atoms with Crippen molar-refractivity contribution in [2.24, 2.45) is 0 Å². The van der Waals surface area contributed by atoms with Crippen LogP contribution in [0.5, 0.6) is 11.5 Å². The molecule has 1 atom stereocenters. The number of hydrogen-bond acceptors (Lipinski definition) is 8. The molecule has 44 heavy (non-hydrogen) atoms. The lowest BCUT2D eigenvalue weighted by Crippen LogP contribution is -2.42. The molecule has 12 heteroatoms. The van der Waals surface area contributed by atoms with Gasteiger partial charge in [0.2, 0.25) is 16.0 Å². The number of piperidine rings is 1. The number of sulfonamides is 1. The summed E-state index contributed by atoms with van der Waals surface area (Å²) in [6.07, 6.45) is 11.5. The van der Waals surface area contributed by atoms with Crippen LogP contribution in [0.3, 0.4) is 0 Å². The Labute approximate surface area is 253 Å². The van der Waals surface area contributed by atoms with Gasteiger partial charge in [-0.05, 0) is 73.9 Å². The molecule has 10 nitrogen and oxygen atoms in total. The molecule has 1 saturated heterocycles. The number of hydrogen-bond donors (Lipinski definition) is 1. The highest BCUT2D eigenvalue weighted by Gasteiger charge is 2.30. The summed E-state index contributed by atoms with van der Waals surface area (Å²) in [5, 5.41) is 3.39. The average Bonchev–Trinajstić information content (AvgIpc) is 3.65. The Morgan fingerprint density at radius 2 is 1.75 bits per heavy atom. The van der Waals surface area contributed by atoms with Crippen LogP contribution < -0.4 is 10.1 Å². The number of anilines is 1. The highest BCUT2D eigenvalue weighted by molar-refractivity contribution is 7.89. The van der Waals surface area contributed by atoms with Crippen molar-refractivity contribution in [2.75, 3.05) is 18.4 Å². The molecule has 1 N–H and O–H groups in total. The molecule has 0 spiro atoms. The van der Waals surface area contributed by atoms with Crippen LogP contribution >= 0.6 is 0 Å². The third-order valence-corrected chi connectivity index (χ3v) is 9.73. The van der Waals surface area contributed by atoms with Crippen molar-refractivity contribution < 1.29 is 22.0 Å².